The third-order valence-corrected chi connectivity index (χ3v) is 3.05. The van der Waals surface area contributed by atoms with E-state index in [4.69, 9.17) is 21.6 Å². The van der Waals surface area contributed by atoms with Gasteiger partial charge in [-0.3, -0.25) is 9.09 Å². The van der Waals surface area contributed by atoms with Gasteiger partial charge in [-0.05, 0) is 0 Å². The largest absolute Gasteiger partial charge is 0.469 e. The standard InChI is InChI=1S/C8H14N3O7P/c9-5-1-10-3-11(5)8-7(13)6(12)4(18-8)2-17-19(14,15)16/h1,3-4,6-8,12-13H,2,9H2,(H2,14,15,16)/t4-,6-,7-,8-/m1/s1/i7D. The molecular weight excluding hydrogens is 281 g/mol. The number of anilines is 1. The molecule has 6 N–H and O–H groups in total. The van der Waals surface area contributed by atoms with Crippen molar-refractivity contribution in [2.75, 3.05) is 12.3 Å². The number of nitrogen functional groups attached to an aromatic ring is 1. The molecule has 1 saturated heterocycles. The molecule has 19 heavy (non-hydrogen) atoms. The number of nitrogens with two attached hydrogens (primary N) is 1. The molecular formula is C8H14N3O7P. The summed E-state index contributed by atoms with van der Waals surface area (Å²) in [7, 11) is -4.75. The molecule has 2 rings (SSSR count). The molecule has 1 aliphatic heterocycles. The number of imidazole rings is 1. The van der Waals surface area contributed by atoms with Gasteiger partial charge in [0.25, 0.3) is 0 Å². The molecule has 0 unspecified atom stereocenters. The summed E-state index contributed by atoms with van der Waals surface area (Å²) in [6.07, 6.45) is -4.47. The van der Waals surface area contributed by atoms with Crippen molar-refractivity contribution in [1.82, 2.24) is 9.55 Å². The van der Waals surface area contributed by atoms with Gasteiger partial charge in [0, 0.05) is 0 Å². The summed E-state index contributed by atoms with van der Waals surface area (Å²) >= 11 is 0. The number of phosphoric ester groups is 1. The highest BCUT2D eigenvalue weighted by Gasteiger charge is 2.44. The van der Waals surface area contributed by atoms with Crippen LogP contribution in [0.5, 0.6) is 0 Å². The SMILES string of the molecule is [2H][C@@]1(O)[C@H](O)[C@@H](COP(=O)(O)O)O[C@H]1n1cncc1N. The fraction of sp³-hybridized carbons (Fsp3) is 0.625. The fourth-order valence-corrected chi connectivity index (χ4v) is 2.01. The van der Waals surface area contributed by atoms with Gasteiger partial charge in [0.1, 0.15) is 24.1 Å². The Morgan fingerprint density at radius 3 is 2.84 bits per heavy atom. The summed E-state index contributed by atoms with van der Waals surface area (Å²) in [5, 5.41) is 19.8. The number of hydrogen-bond donors (Lipinski definition) is 5. The van der Waals surface area contributed by atoms with E-state index in [-0.39, 0.29) is 5.82 Å². The van der Waals surface area contributed by atoms with Crippen LogP contribution in [0.2, 0.25) is 0 Å². The van der Waals surface area contributed by atoms with Gasteiger partial charge >= 0.3 is 7.82 Å². The van der Waals surface area contributed by atoms with Crippen LogP contribution >= 0.6 is 7.82 Å². The zero-order valence-electron chi connectivity index (χ0n) is 10.5. The number of rotatable bonds is 4. The average Bonchev–Trinajstić information content (AvgIpc) is 2.81. The van der Waals surface area contributed by atoms with Crippen LogP contribution in [0.25, 0.3) is 0 Å². The molecule has 1 aliphatic rings. The van der Waals surface area contributed by atoms with Crippen LogP contribution in [0, 0.1) is 0 Å². The Morgan fingerprint density at radius 2 is 2.32 bits per heavy atom. The summed E-state index contributed by atoms with van der Waals surface area (Å²) in [5.74, 6) is 0.0874. The lowest BCUT2D eigenvalue weighted by Crippen LogP contribution is -2.33. The van der Waals surface area contributed by atoms with Gasteiger partial charge in [-0.25, -0.2) is 9.55 Å². The van der Waals surface area contributed by atoms with E-state index in [0.717, 1.165) is 4.57 Å². The van der Waals surface area contributed by atoms with Gasteiger partial charge < -0.3 is 30.5 Å². The van der Waals surface area contributed by atoms with Crippen LogP contribution < -0.4 is 5.73 Å². The number of nitrogens with zero attached hydrogens (tertiary/aromatic N) is 2. The second-order valence-electron chi connectivity index (χ2n) is 3.91. The summed E-state index contributed by atoms with van der Waals surface area (Å²) in [6.45, 7) is -0.697. The minimum absolute atomic E-state index is 0.0874. The predicted octanol–water partition coefficient (Wildman–Crippen LogP) is -1.81. The summed E-state index contributed by atoms with van der Waals surface area (Å²) in [5.41, 5.74) is 5.56. The molecule has 108 valence electrons. The molecule has 0 saturated carbocycles. The van der Waals surface area contributed by atoms with Crippen LogP contribution in [0.15, 0.2) is 12.5 Å². The Balaban J connectivity index is 2.17. The topological polar surface area (TPSA) is 160 Å². The van der Waals surface area contributed by atoms with E-state index in [0.29, 0.717) is 0 Å². The lowest BCUT2D eigenvalue weighted by atomic mass is 10.1. The molecule has 0 bridgehead atoms. The molecule has 4 atom stereocenters. The first-order chi connectivity index (χ1) is 9.13. The first-order valence-corrected chi connectivity index (χ1v) is 6.69. The van der Waals surface area contributed by atoms with Crippen molar-refractivity contribution < 1.29 is 35.2 Å². The van der Waals surface area contributed by atoms with Crippen molar-refractivity contribution in [3.63, 3.8) is 0 Å². The predicted molar refractivity (Wildman–Crippen MR) is 60.6 cm³/mol. The first kappa shape index (κ1) is 13.0. The number of aliphatic hydroxyl groups excluding tert-OH is 1. The van der Waals surface area contributed by atoms with Gasteiger partial charge in [-0.1, -0.05) is 0 Å². The van der Waals surface area contributed by atoms with Gasteiger partial charge in [0.2, 0.25) is 0 Å². The van der Waals surface area contributed by atoms with Crippen LogP contribution in [0.4, 0.5) is 5.82 Å². The lowest BCUT2D eigenvalue weighted by Gasteiger charge is -2.17. The smallest absolute Gasteiger partial charge is 0.387 e. The molecule has 0 spiro atoms. The number of aliphatic hydroxyl groups is 2. The minimum atomic E-state index is -4.75. The van der Waals surface area contributed by atoms with E-state index in [1.807, 2.05) is 0 Å². The molecule has 0 aliphatic carbocycles. The van der Waals surface area contributed by atoms with E-state index in [2.05, 4.69) is 9.51 Å². The summed E-state index contributed by atoms with van der Waals surface area (Å²) < 4.78 is 28.8. The maximum absolute atomic E-state index is 10.6. The third kappa shape index (κ3) is 3.12. The zero-order chi connectivity index (χ0) is 15.1. The van der Waals surface area contributed by atoms with Gasteiger partial charge in [-0.2, -0.15) is 0 Å². The molecule has 0 aromatic carbocycles. The quantitative estimate of drug-likeness (QED) is 0.403. The number of phosphoric acid groups is 1. The average molecular weight is 296 g/mol. The monoisotopic (exact) mass is 296 g/mol. The molecule has 1 aromatic rings. The number of hydrogen-bond acceptors (Lipinski definition) is 7. The molecule has 1 fully saturated rings. The normalized spacial score (nSPS) is 36.4. The Bertz CT molecular complexity index is 532. The van der Waals surface area contributed by atoms with E-state index < -0.39 is 38.9 Å². The highest BCUT2D eigenvalue weighted by Crippen LogP contribution is 2.38. The van der Waals surface area contributed by atoms with Crippen LogP contribution in [0.1, 0.15) is 7.60 Å². The van der Waals surface area contributed by atoms with Crippen molar-refractivity contribution in [2.24, 2.45) is 0 Å². The Labute approximate surface area is 109 Å². The lowest BCUT2D eigenvalue weighted by molar-refractivity contribution is -0.0510. The second-order valence-corrected chi connectivity index (χ2v) is 5.15. The first-order valence-electron chi connectivity index (χ1n) is 5.66. The third-order valence-electron chi connectivity index (χ3n) is 2.57. The van der Waals surface area contributed by atoms with Crippen molar-refractivity contribution in [3.8, 4) is 0 Å². The Hall–Kier alpha value is -1.00. The highest BCUT2D eigenvalue weighted by molar-refractivity contribution is 7.46. The van der Waals surface area contributed by atoms with E-state index >= 15 is 0 Å². The zero-order valence-corrected chi connectivity index (χ0v) is 10.4. The number of ether oxygens (including phenoxy) is 1. The molecule has 1 aromatic heterocycles. The Kier molecular flexibility index (Phi) is 3.54. The van der Waals surface area contributed by atoms with E-state index in [1.165, 1.54) is 12.5 Å². The summed E-state index contributed by atoms with van der Waals surface area (Å²) in [6, 6.07) is 0. The van der Waals surface area contributed by atoms with Gasteiger partial charge in [0.15, 0.2) is 6.23 Å². The Morgan fingerprint density at radius 1 is 1.63 bits per heavy atom. The maximum Gasteiger partial charge on any atom is 0.469 e. The fourth-order valence-electron chi connectivity index (χ4n) is 1.67. The van der Waals surface area contributed by atoms with Gasteiger partial charge in [-0.15, -0.1) is 0 Å². The molecule has 0 amide bonds. The molecule has 10 nitrogen and oxygen atoms in total. The van der Waals surface area contributed by atoms with Crippen molar-refractivity contribution in [1.29, 1.82) is 0 Å². The summed E-state index contributed by atoms with van der Waals surface area (Å²) in [4.78, 5) is 20.9. The number of aromatic nitrogens is 2. The maximum atomic E-state index is 10.6. The van der Waals surface area contributed by atoms with Crippen LogP contribution in [-0.4, -0.2) is 54.4 Å². The van der Waals surface area contributed by atoms with E-state index in [1.54, 1.807) is 0 Å². The van der Waals surface area contributed by atoms with Crippen LogP contribution in [-0.2, 0) is 13.8 Å². The molecule has 2 heterocycles. The molecule has 0 radical (unpaired) electrons. The van der Waals surface area contributed by atoms with Crippen molar-refractivity contribution in [3.05, 3.63) is 12.5 Å². The molecule has 11 heteroatoms. The van der Waals surface area contributed by atoms with Crippen molar-refractivity contribution >= 4 is 13.6 Å². The second kappa shape index (κ2) is 5.17. The van der Waals surface area contributed by atoms with Crippen molar-refractivity contribution in [2.45, 2.75) is 24.5 Å². The van der Waals surface area contributed by atoms with Gasteiger partial charge in [0.05, 0.1) is 20.5 Å². The van der Waals surface area contributed by atoms with Crippen LogP contribution in [0.3, 0.4) is 0 Å². The minimum Gasteiger partial charge on any atom is -0.387 e. The highest BCUT2D eigenvalue weighted by atomic mass is 31.2. The van der Waals surface area contributed by atoms with E-state index in [9.17, 15) is 14.8 Å².